The number of thioether (sulfide) groups is 1. The summed E-state index contributed by atoms with van der Waals surface area (Å²) in [5.74, 6) is -2.66. The molecule has 1 amide bonds. The molecule has 0 saturated carbocycles. The molecule has 10 heteroatoms. The number of benzene rings is 1. The summed E-state index contributed by atoms with van der Waals surface area (Å²) in [5, 5.41) is 11.4. The largest absolute Gasteiger partial charge is 0.493 e. The number of amides is 1. The molecule has 6 nitrogen and oxygen atoms in total. The number of carbonyl (C=O) groups is 2. The topological polar surface area (TPSA) is 84.9 Å². The van der Waals surface area contributed by atoms with Gasteiger partial charge in [-0.2, -0.15) is 13.2 Å². The first-order chi connectivity index (χ1) is 11.7. The van der Waals surface area contributed by atoms with Gasteiger partial charge in [-0.05, 0) is 17.7 Å². The van der Waals surface area contributed by atoms with Crippen LogP contribution in [0.4, 0.5) is 13.2 Å². The van der Waals surface area contributed by atoms with Crippen LogP contribution in [-0.2, 0) is 9.59 Å². The molecule has 0 bridgehead atoms. The predicted octanol–water partition coefficient (Wildman–Crippen LogP) is 2.63. The SMILES string of the molecule is COc1ccc(C(CC(=O)O)NC(=O)CSCC(F)(F)F)cc1OC. The Balaban J connectivity index is 2.83. The molecule has 0 heterocycles. The van der Waals surface area contributed by atoms with Crippen molar-refractivity contribution in [3.8, 4) is 11.5 Å². The van der Waals surface area contributed by atoms with Crippen molar-refractivity contribution in [1.29, 1.82) is 0 Å². The first-order valence-corrected chi connectivity index (χ1v) is 8.19. The van der Waals surface area contributed by atoms with Crippen LogP contribution in [-0.4, -0.2) is 48.9 Å². The number of ether oxygens (including phenoxy) is 2. The van der Waals surface area contributed by atoms with Crippen molar-refractivity contribution in [2.24, 2.45) is 0 Å². The van der Waals surface area contributed by atoms with Crippen molar-refractivity contribution < 1.29 is 37.3 Å². The normalized spacial score (nSPS) is 12.4. The van der Waals surface area contributed by atoms with Crippen LogP contribution >= 0.6 is 11.8 Å². The molecule has 0 aliphatic rings. The van der Waals surface area contributed by atoms with Gasteiger partial charge in [-0.25, -0.2) is 0 Å². The van der Waals surface area contributed by atoms with E-state index in [0.29, 0.717) is 28.8 Å². The minimum atomic E-state index is -4.37. The molecule has 1 rings (SSSR count). The molecule has 1 aromatic carbocycles. The lowest BCUT2D eigenvalue weighted by Gasteiger charge is -2.19. The molecule has 0 fully saturated rings. The molecule has 0 aliphatic carbocycles. The Kier molecular flexibility index (Phi) is 7.88. The molecule has 0 aliphatic heterocycles. The lowest BCUT2D eigenvalue weighted by Crippen LogP contribution is -2.32. The van der Waals surface area contributed by atoms with Gasteiger partial charge in [0.05, 0.1) is 38.2 Å². The molecule has 0 saturated heterocycles. The number of rotatable bonds is 9. The summed E-state index contributed by atoms with van der Waals surface area (Å²) in [5.41, 5.74) is 0.439. The van der Waals surface area contributed by atoms with Crippen LogP contribution in [0, 0.1) is 0 Å². The van der Waals surface area contributed by atoms with E-state index < -0.39 is 42.0 Å². The standard InChI is InChI=1S/C15H18F3NO5S/c1-23-11-4-3-9(5-12(11)24-2)10(6-14(21)22)19-13(20)7-25-8-15(16,17)18/h3-5,10H,6-8H2,1-2H3,(H,19,20)(H,21,22). The number of aliphatic carboxylic acids is 1. The average molecular weight is 381 g/mol. The zero-order valence-electron chi connectivity index (χ0n) is 13.6. The summed E-state index contributed by atoms with van der Waals surface area (Å²) < 4.78 is 46.5. The second-order valence-corrected chi connectivity index (χ2v) is 5.93. The van der Waals surface area contributed by atoms with Crippen LogP contribution in [0.5, 0.6) is 11.5 Å². The molecule has 0 radical (unpaired) electrons. The Labute approximate surface area is 146 Å². The fraction of sp³-hybridized carbons (Fsp3) is 0.467. The third kappa shape index (κ3) is 7.55. The molecular formula is C15H18F3NO5S. The zero-order chi connectivity index (χ0) is 19.0. The fourth-order valence-corrected chi connectivity index (χ4v) is 2.59. The molecule has 140 valence electrons. The van der Waals surface area contributed by atoms with Gasteiger partial charge in [0.1, 0.15) is 0 Å². The Morgan fingerprint density at radius 2 is 1.88 bits per heavy atom. The maximum atomic E-state index is 12.1. The number of carboxylic acids is 1. The first-order valence-electron chi connectivity index (χ1n) is 7.04. The van der Waals surface area contributed by atoms with Crippen molar-refractivity contribution in [3.63, 3.8) is 0 Å². The Morgan fingerprint density at radius 1 is 1.24 bits per heavy atom. The summed E-state index contributed by atoms with van der Waals surface area (Å²) >= 11 is 0.409. The van der Waals surface area contributed by atoms with Crippen LogP contribution in [0.2, 0.25) is 0 Å². The van der Waals surface area contributed by atoms with Gasteiger partial charge in [0.15, 0.2) is 11.5 Å². The van der Waals surface area contributed by atoms with Crippen LogP contribution < -0.4 is 14.8 Å². The molecule has 0 aromatic heterocycles. The van der Waals surface area contributed by atoms with Crippen molar-refractivity contribution >= 4 is 23.6 Å². The van der Waals surface area contributed by atoms with Gasteiger partial charge in [0.25, 0.3) is 0 Å². The average Bonchev–Trinajstić information content (AvgIpc) is 2.51. The number of nitrogens with one attached hydrogen (secondary N) is 1. The van der Waals surface area contributed by atoms with Gasteiger partial charge in [0, 0.05) is 0 Å². The number of methoxy groups -OCH3 is 2. The second kappa shape index (κ2) is 9.40. The zero-order valence-corrected chi connectivity index (χ0v) is 14.4. The van der Waals surface area contributed by atoms with Crippen LogP contribution in [0.15, 0.2) is 18.2 Å². The van der Waals surface area contributed by atoms with Crippen molar-refractivity contribution in [2.75, 3.05) is 25.7 Å². The van der Waals surface area contributed by atoms with Crippen molar-refractivity contribution in [3.05, 3.63) is 23.8 Å². The molecule has 1 atom stereocenters. The third-order valence-electron chi connectivity index (χ3n) is 3.02. The van der Waals surface area contributed by atoms with Gasteiger partial charge in [-0.15, -0.1) is 11.8 Å². The molecular weight excluding hydrogens is 363 g/mol. The predicted molar refractivity (Wildman–Crippen MR) is 86.1 cm³/mol. The maximum absolute atomic E-state index is 12.1. The van der Waals surface area contributed by atoms with Gasteiger partial charge >= 0.3 is 12.1 Å². The highest BCUT2D eigenvalue weighted by molar-refractivity contribution is 8.00. The van der Waals surface area contributed by atoms with E-state index >= 15 is 0 Å². The van der Waals surface area contributed by atoms with E-state index in [1.165, 1.54) is 20.3 Å². The minimum Gasteiger partial charge on any atom is -0.493 e. The first kappa shape index (κ1) is 20.9. The van der Waals surface area contributed by atoms with E-state index in [1.54, 1.807) is 12.1 Å². The van der Waals surface area contributed by atoms with Gasteiger partial charge in [-0.1, -0.05) is 6.07 Å². The highest BCUT2D eigenvalue weighted by atomic mass is 32.2. The van der Waals surface area contributed by atoms with Crippen molar-refractivity contribution in [1.82, 2.24) is 5.32 Å². The van der Waals surface area contributed by atoms with Crippen LogP contribution in [0.1, 0.15) is 18.0 Å². The summed E-state index contributed by atoms with van der Waals surface area (Å²) in [7, 11) is 2.84. The molecule has 1 aromatic rings. The Morgan fingerprint density at radius 3 is 2.40 bits per heavy atom. The third-order valence-corrected chi connectivity index (χ3v) is 4.02. The number of halogens is 3. The molecule has 0 spiro atoms. The minimum absolute atomic E-state index is 0.344. The Bertz CT molecular complexity index is 609. The molecule has 1 unspecified atom stereocenters. The summed E-state index contributed by atoms with van der Waals surface area (Å²) in [6, 6.07) is 3.71. The number of alkyl halides is 3. The van der Waals surface area contributed by atoms with E-state index in [1.807, 2.05) is 0 Å². The van der Waals surface area contributed by atoms with Gasteiger partial charge in [-0.3, -0.25) is 9.59 Å². The fourth-order valence-electron chi connectivity index (χ4n) is 1.99. The second-order valence-electron chi connectivity index (χ2n) is 4.94. The summed E-state index contributed by atoms with van der Waals surface area (Å²) in [4.78, 5) is 22.8. The highest BCUT2D eigenvalue weighted by Crippen LogP contribution is 2.31. The lowest BCUT2D eigenvalue weighted by molar-refractivity contribution is -0.137. The smallest absolute Gasteiger partial charge is 0.397 e. The number of carbonyl (C=O) groups excluding carboxylic acids is 1. The monoisotopic (exact) mass is 381 g/mol. The molecule has 2 N–H and O–H groups in total. The summed E-state index contributed by atoms with van der Waals surface area (Å²) in [6.07, 6.45) is -4.79. The highest BCUT2D eigenvalue weighted by Gasteiger charge is 2.27. The van der Waals surface area contributed by atoms with Gasteiger partial charge in [0.2, 0.25) is 5.91 Å². The number of hydrogen-bond donors (Lipinski definition) is 2. The van der Waals surface area contributed by atoms with Crippen LogP contribution in [0.3, 0.4) is 0 Å². The van der Waals surface area contributed by atoms with Crippen molar-refractivity contribution in [2.45, 2.75) is 18.6 Å². The van der Waals surface area contributed by atoms with E-state index in [2.05, 4.69) is 5.32 Å². The quantitative estimate of drug-likeness (QED) is 0.684. The maximum Gasteiger partial charge on any atom is 0.397 e. The lowest BCUT2D eigenvalue weighted by atomic mass is 10.0. The van der Waals surface area contributed by atoms with E-state index in [0.717, 1.165) is 0 Å². The van der Waals surface area contributed by atoms with Crippen LogP contribution in [0.25, 0.3) is 0 Å². The number of hydrogen-bond acceptors (Lipinski definition) is 5. The summed E-state index contributed by atoms with van der Waals surface area (Å²) in [6.45, 7) is 0. The molecule has 25 heavy (non-hydrogen) atoms. The van der Waals surface area contributed by atoms with E-state index in [-0.39, 0.29) is 0 Å². The van der Waals surface area contributed by atoms with E-state index in [4.69, 9.17) is 14.6 Å². The van der Waals surface area contributed by atoms with E-state index in [9.17, 15) is 22.8 Å². The number of carboxylic acid groups (broad SMARTS) is 1. The van der Waals surface area contributed by atoms with Gasteiger partial charge < -0.3 is 19.9 Å². The Hall–Kier alpha value is -2.10.